The van der Waals surface area contributed by atoms with Gasteiger partial charge in [0.2, 0.25) is 5.28 Å². The third-order valence-electron chi connectivity index (χ3n) is 4.27. The van der Waals surface area contributed by atoms with Gasteiger partial charge in [-0.05, 0) is 30.7 Å². The number of aromatic nitrogens is 5. The molecule has 0 aliphatic carbocycles. The van der Waals surface area contributed by atoms with E-state index in [1.54, 1.807) is 7.05 Å². The lowest BCUT2D eigenvalue weighted by Crippen LogP contribution is -2.27. The van der Waals surface area contributed by atoms with E-state index in [2.05, 4.69) is 35.6 Å². The maximum Gasteiger partial charge on any atom is 0.256 e. The largest absolute Gasteiger partial charge is 0.364 e. The fraction of sp³-hybridized carbons (Fsp3) is 0.235. The van der Waals surface area contributed by atoms with Crippen LogP contribution in [0.4, 0.5) is 17.2 Å². The van der Waals surface area contributed by atoms with E-state index in [0.717, 1.165) is 22.9 Å². The topological polar surface area (TPSA) is 101 Å². The van der Waals surface area contributed by atoms with Crippen LogP contribution in [0.25, 0.3) is 5.69 Å². The molecule has 0 spiro atoms. The zero-order chi connectivity index (χ0) is 19.1. The first-order valence-electron chi connectivity index (χ1n) is 8.26. The minimum Gasteiger partial charge on any atom is -0.364 e. The predicted molar refractivity (Wildman–Crippen MR) is 102 cm³/mol. The molecule has 27 heavy (non-hydrogen) atoms. The normalized spacial score (nSPS) is 12.4. The molecule has 0 fully saturated rings. The molecule has 0 saturated carbocycles. The Hall–Kier alpha value is -3.20. The van der Waals surface area contributed by atoms with Crippen LogP contribution in [0.3, 0.4) is 0 Å². The Morgan fingerprint density at radius 1 is 1.30 bits per heavy atom. The van der Waals surface area contributed by atoms with E-state index in [1.807, 2.05) is 36.9 Å². The molecular formula is C17H17ClN8O. The quantitative estimate of drug-likeness (QED) is 0.666. The van der Waals surface area contributed by atoms with Crippen LogP contribution in [-0.4, -0.2) is 44.7 Å². The molecule has 1 aromatic carbocycles. The van der Waals surface area contributed by atoms with Gasteiger partial charge in [-0.2, -0.15) is 10.1 Å². The van der Waals surface area contributed by atoms with E-state index in [9.17, 15) is 4.79 Å². The number of para-hydroxylation sites is 1. The van der Waals surface area contributed by atoms with Crippen molar-refractivity contribution in [3.63, 3.8) is 0 Å². The summed E-state index contributed by atoms with van der Waals surface area (Å²) in [6.45, 7) is 2.48. The third-order valence-corrected chi connectivity index (χ3v) is 4.45. The second-order valence-electron chi connectivity index (χ2n) is 6.12. The number of hydrogen-bond donors (Lipinski definition) is 2. The summed E-state index contributed by atoms with van der Waals surface area (Å²) in [5.74, 6) is 1.61. The summed E-state index contributed by atoms with van der Waals surface area (Å²) < 4.78 is 1.84. The third kappa shape index (κ3) is 2.95. The smallest absolute Gasteiger partial charge is 0.256 e. The highest BCUT2D eigenvalue weighted by Crippen LogP contribution is 2.38. The van der Waals surface area contributed by atoms with E-state index < -0.39 is 0 Å². The number of hydrogen-bond acceptors (Lipinski definition) is 7. The molecule has 0 atom stereocenters. The number of rotatable bonds is 3. The number of halogens is 1. The monoisotopic (exact) mass is 384 g/mol. The highest BCUT2D eigenvalue weighted by atomic mass is 35.5. The van der Waals surface area contributed by atoms with Crippen LogP contribution in [-0.2, 0) is 6.54 Å². The minimum atomic E-state index is -0.304. The molecule has 3 heterocycles. The molecule has 2 aromatic heterocycles. The Balaban J connectivity index is 1.82. The SMILES string of the molecule is CNC(=O)c1cnc(Cl)nc1Nc1cccc2c1N(C)Cc1nc(C)nn1-2. The van der Waals surface area contributed by atoms with Crippen LogP contribution in [0.15, 0.2) is 24.4 Å². The number of carbonyl (C=O) groups is 1. The van der Waals surface area contributed by atoms with Crippen molar-refractivity contribution in [3.05, 3.63) is 46.9 Å². The molecule has 3 aromatic rings. The molecule has 138 valence electrons. The van der Waals surface area contributed by atoms with Gasteiger partial charge in [-0.15, -0.1) is 0 Å². The molecule has 4 rings (SSSR count). The second kappa shape index (κ2) is 6.51. The van der Waals surface area contributed by atoms with Gasteiger partial charge in [0.15, 0.2) is 5.82 Å². The molecule has 0 radical (unpaired) electrons. The summed E-state index contributed by atoms with van der Waals surface area (Å²) in [4.78, 5) is 26.8. The number of amides is 1. The van der Waals surface area contributed by atoms with Crippen LogP contribution in [0, 0.1) is 6.92 Å². The first-order valence-corrected chi connectivity index (χ1v) is 8.64. The van der Waals surface area contributed by atoms with Gasteiger partial charge in [0.25, 0.3) is 5.91 Å². The Morgan fingerprint density at radius 2 is 2.11 bits per heavy atom. The summed E-state index contributed by atoms with van der Waals surface area (Å²) in [6.07, 6.45) is 1.40. The molecule has 0 bridgehead atoms. The Labute approximate surface area is 160 Å². The maximum absolute atomic E-state index is 12.1. The van der Waals surface area contributed by atoms with Gasteiger partial charge >= 0.3 is 0 Å². The molecule has 1 amide bonds. The Bertz CT molecular complexity index is 1050. The van der Waals surface area contributed by atoms with Gasteiger partial charge in [-0.1, -0.05) is 6.07 Å². The van der Waals surface area contributed by atoms with Crippen molar-refractivity contribution in [2.45, 2.75) is 13.5 Å². The van der Waals surface area contributed by atoms with Crippen molar-refractivity contribution < 1.29 is 4.79 Å². The number of anilines is 3. The zero-order valence-corrected chi connectivity index (χ0v) is 15.7. The highest BCUT2D eigenvalue weighted by Gasteiger charge is 2.25. The minimum absolute atomic E-state index is 0.0532. The lowest BCUT2D eigenvalue weighted by Gasteiger charge is -2.29. The van der Waals surface area contributed by atoms with Crippen LogP contribution in [0.2, 0.25) is 5.28 Å². The molecule has 10 heteroatoms. The average molecular weight is 385 g/mol. The van der Waals surface area contributed by atoms with Crippen molar-refractivity contribution in [1.82, 2.24) is 30.0 Å². The van der Waals surface area contributed by atoms with Crippen LogP contribution in [0.1, 0.15) is 22.0 Å². The van der Waals surface area contributed by atoms with Crippen molar-refractivity contribution in [3.8, 4) is 5.69 Å². The van der Waals surface area contributed by atoms with E-state index >= 15 is 0 Å². The Morgan fingerprint density at radius 3 is 2.89 bits per heavy atom. The number of nitrogens with one attached hydrogen (secondary N) is 2. The number of fused-ring (bicyclic) bond motifs is 3. The predicted octanol–water partition coefficient (Wildman–Crippen LogP) is 2.07. The Kier molecular flexibility index (Phi) is 4.15. The summed E-state index contributed by atoms with van der Waals surface area (Å²) in [7, 11) is 3.53. The number of benzene rings is 1. The fourth-order valence-corrected chi connectivity index (χ4v) is 3.27. The van der Waals surface area contributed by atoms with Gasteiger partial charge < -0.3 is 15.5 Å². The standard InChI is InChI=1S/C17H17ClN8O/c1-9-21-13-8-25(3)14-11(5-4-6-12(14)26(13)24-9)22-15-10(16(27)19-2)7-20-17(18)23-15/h4-7H,8H2,1-3H3,(H,19,27)(H,20,22,23). The van der Waals surface area contributed by atoms with Gasteiger partial charge in [0.05, 0.1) is 23.6 Å². The molecule has 0 saturated heterocycles. The first-order chi connectivity index (χ1) is 13.0. The highest BCUT2D eigenvalue weighted by molar-refractivity contribution is 6.28. The van der Waals surface area contributed by atoms with Crippen molar-refractivity contribution >= 4 is 34.7 Å². The summed E-state index contributed by atoms with van der Waals surface area (Å²) >= 11 is 5.95. The summed E-state index contributed by atoms with van der Waals surface area (Å²) in [5, 5.41) is 10.3. The van der Waals surface area contributed by atoms with Crippen LogP contribution in [0.5, 0.6) is 0 Å². The van der Waals surface area contributed by atoms with Gasteiger partial charge in [-0.25, -0.2) is 14.6 Å². The molecule has 2 N–H and O–H groups in total. The van der Waals surface area contributed by atoms with E-state index in [-0.39, 0.29) is 11.2 Å². The van der Waals surface area contributed by atoms with Gasteiger partial charge in [-0.3, -0.25) is 4.79 Å². The molecule has 0 unspecified atom stereocenters. The van der Waals surface area contributed by atoms with E-state index in [0.29, 0.717) is 23.8 Å². The maximum atomic E-state index is 12.1. The lowest BCUT2D eigenvalue weighted by atomic mass is 10.1. The fourth-order valence-electron chi connectivity index (χ4n) is 3.13. The van der Waals surface area contributed by atoms with Crippen LogP contribution < -0.4 is 15.5 Å². The van der Waals surface area contributed by atoms with E-state index in [4.69, 9.17) is 11.6 Å². The summed E-state index contributed by atoms with van der Waals surface area (Å²) in [6, 6.07) is 5.79. The first kappa shape index (κ1) is 17.2. The van der Waals surface area contributed by atoms with Crippen molar-refractivity contribution in [2.75, 3.05) is 24.3 Å². The van der Waals surface area contributed by atoms with Gasteiger partial charge in [0.1, 0.15) is 17.2 Å². The molecule has 9 nitrogen and oxygen atoms in total. The van der Waals surface area contributed by atoms with Gasteiger partial charge in [0, 0.05) is 20.3 Å². The number of carbonyl (C=O) groups excluding carboxylic acids is 1. The number of aryl methyl sites for hydroxylation is 1. The number of nitrogens with zero attached hydrogens (tertiary/aromatic N) is 6. The lowest BCUT2D eigenvalue weighted by molar-refractivity contribution is 0.0963. The molecule has 1 aliphatic rings. The van der Waals surface area contributed by atoms with Crippen molar-refractivity contribution in [1.29, 1.82) is 0 Å². The molecular weight excluding hydrogens is 368 g/mol. The second-order valence-corrected chi connectivity index (χ2v) is 6.46. The zero-order valence-electron chi connectivity index (χ0n) is 15.0. The van der Waals surface area contributed by atoms with Crippen LogP contribution >= 0.6 is 11.6 Å². The van der Waals surface area contributed by atoms with Crippen molar-refractivity contribution in [2.24, 2.45) is 0 Å². The summed E-state index contributed by atoms with van der Waals surface area (Å²) in [5.41, 5.74) is 2.89. The average Bonchev–Trinajstić information content (AvgIpc) is 3.01. The molecule has 1 aliphatic heterocycles. The van der Waals surface area contributed by atoms with E-state index in [1.165, 1.54) is 6.20 Å².